The Morgan fingerprint density at radius 1 is 0.969 bits per heavy atom. The van der Waals surface area contributed by atoms with Gasteiger partial charge < -0.3 is 10.2 Å². The number of piperidine rings is 1. The second kappa shape index (κ2) is 7.94. The molecule has 0 unspecified atom stereocenters. The fourth-order valence-corrected chi connectivity index (χ4v) is 5.54. The van der Waals surface area contributed by atoms with E-state index in [9.17, 15) is 9.59 Å². The SMILES string of the molecule is CN1C(=O)CC[C@]2(C)c3ccc(-c4cccc(NC(=O)c5ccccc5)c4)cc3CC[C@@H]12. The fraction of sp³-hybridized carbons (Fsp3) is 0.286. The summed E-state index contributed by atoms with van der Waals surface area (Å²) in [5, 5.41) is 3.01. The molecule has 4 nitrogen and oxygen atoms in total. The monoisotopic (exact) mass is 424 g/mol. The van der Waals surface area contributed by atoms with Crippen molar-refractivity contribution >= 4 is 17.5 Å². The molecular weight excluding hydrogens is 396 g/mol. The van der Waals surface area contributed by atoms with Crippen LogP contribution in [0.1, 0.15) is 47.7 Å². The van der Waals surface area contributed by atoms with Crippen molar-refractivity contribution in [1.29, 1.82) is 0 Å². The van der Waals surface area contributed by atoms with Crippen LogP contribution in [0.3, 0.4) is 0 Å². The molecule has 3 aromatic rings. The first-order chi connectivity index (χ1) is 15.5. The summed E-state index contributed by atoms with van der Waals surface area (Å²) in [4.78, 5) is 26.7. The molecule has 2 amide bonds. The van der Waals surface area contributed by atoms with Crippen molar-refractivity contribution in [3.63, 3.8) is 0 Å². The van der Waals surface area contributed by atoms with E-state index in [0.29, 0.717) is 12.0 Å². The van der Waals surface area contributed by atoms with Crippen LogP contribution >= 0.6 is 0 Å². The highest BCUT2D eigenvalue weighted by Gasteiger charge is 2.46. The van der Waals surface area contributed by atoms with E-state index in [1.165, 1.54) is 11.1 Å². The molecule has 2 atom stereocenters. The summed E-state index contributed by atoms with van der Waals surface area (Å²) >= 11 is 0. The second-order valence-electron chi connectivity index (χ2n) is 9.25. The average Bonchev–Trinajstić information content (AvgIpc) is 2.82. The van der Waals surface area contributed by atoms with Crippen LogP contribution in [0, 0.1) is 0 Å². The number of carbonyl (C=O) groups is 2. The molecular formula is C28H28N2O2. The first kappa shape index (κ1) is 20.5. The van der Waals surface area contributed by atoms with E-state index < -0.39 is 0 Å². The van der Waals surface area contributed by atoms with Gasteiger partial charge in [0.15, 0.2) is 0 Å². The maximum absolute atomic E-state index is 12.5. The summed E-state index contributed by atoms with van der Waals surface area (Å²) in [6.07, 6.45) is 3.51. The largest absolute Gasteiger partial charge is 0.342 e. The van der Waals surface area contributed by atoms with Gasteiger partial charge in [-0.05, 0) is 65.8 Å². The molecule has 0 bridgehead atoms. The molecule has 0 saturated carbocycles. The Morgan fingerprint density at radius 2 is 1.75 bits per heavy atom. The lowest BCUT2D eigenvalue weighted by molar-refractivity contribution is -0.138. The lowest BCUT2D eigenvalue weighted by atomic mass is 9.63. The Morgan fingerprint density at radius 3 is 2.56 bits per heavy atom. The van der Waals surface area contributed by atoms with Crippen LogP contribution in [0.4, 0.5) is 5.69 Å². The van der Waals surface area contributed by atoms with E-state index in [0.717, 1.165) is 36.1 Å². The van der Waals surface area contributed by atoms with E-state index in [1.54, 1.807) is 0 Å². The Kier molecular flexibility index (Phi) is 5.09. The van der Waals surface area contributed by atoms with Crippen molar-refractivity contribution in [3.8, 4) is 11.1 Å². The van der Waals surface area contributed by atoms with Crippen LogP contribution in [0.15, 0.2) is 72.8 Å². The molecule has 2 aliphatic rings. The number of anilines is 1. The molecule has 1 aliphatic carbocycles. The number of likely N-dealkylation sites (N-methyl/N-ethyl adjacent to an activating group) is 1. The van der Waals surface area contributed by atoms with Gasteiger partial charge in [0.1, 0.15) is 0 Å². The molecule has 0 aromatic heterocycles. The third-order valence-corrected chi connectivity index (χ3v) is 7.35. The molecule has 32 heavy (non-hydrogen) atoms. The summed E-state index contributed by atoms with van der Waals surface area (Å²) in [5.74, 6) is 0.157. The quantitative estimate of drug-likeness (QED) is 0.609. The highest BCUT2D eigenvalue weighted by atomic mass is 16.2. The maximum atomic E-state index is 12.5. The van der Waals surface area contributed by atoms with Crippen molar-refractivity contribution < 1.29 is 9.59 Å². The van der Waals surface area contributed by atoms with Crippen LogP contribution in [0.25, 0.3) is 11.1 Å². The minimum atomic E-state index is -0.108. The molecule has 1 fully saturated rings. The van der Waals surface area contributed by atoms with Crippen LogP contribution in [-0.2, 0) is 16.6 Å². The standard InChI is InChI=1S/C28H28N2O2/c1-28-16-15-26(31)30(2)25(28)14-12-22-17-21(11-13-24(22)28)20-9-6-10-23(18-20)29-27(32)19-7-4-3-5-8-19/h3-11,13,17-18,25H,12,14-16H2,1-2H3,(H,29,32)/t25-,28-/m1/s1. The average molecular weight is 425 g/mol. The third-order valence-electron chi connectivity index (χ3n) is 7.35. The lowest BCUT2D eigenvalue weighted by Gasteiger charge is -2.50. The van der Waals surface area contributed by atoms with Crippen LogP contribution < -0.4 is 5.32 Å². The van der Waals surface area contributed by atoms with E-state index in [2.05, 4.69) is 36.5 Å². The van der Waals surface area contributed by atoms with Crippen LogP contribution in [0.5, 0.6) is 0 Å². The number of aryl methyl sites for hydroxylation is 1. The minimum Gasteiger partial charge on any atom is -0.342 e. The van der Waals surface area contributed by atoms with E-state index in [-0.39, 0.29) is 23.3 Å². The number of hydrogen-bond donors (Lipinski definition) is 1. The number of carbonyl (C=O) groups excluding carboxylic acids is 2. The summed E-state index contributed by atoms with van der Waals surface area (Å²) in [6.45, 7) is 2.32. The topological polar surface area (TPSA) is 49.4 Å². The van der Waals surface area contributed by atoms with E-state index in [1.807, 2.05) is 60.5 Å². The molecule has 162 valence electrons. The zero-order chi connectivity index (χ0) is 22.3. The van der Waals surface area contributed by atoms with E-state index in [4.69, 9.17) is 0 Å². The predicted octanol–water partition coefficient (Wildman–Crippen LogP) is 5.43. The van der Waals surface area contributed by atoms with Gasteiger partial charge >= 0.3 is 0 Å². The Balaban J connectivity index is 1.42. The van der Waals surface area contributed by atoms with E-state index >= 15 is 0 Å². The van der Waals surface area contributed by atoms with Gasteiger partial charge in [0.05, 0.1) is 0 Å². The van der Waals surface area contributed by atoms with Crippen molar-refractivity contribution in [2.75, 3.05) is 12.4 Å². The number of nitrogens with zero attached hydrogens (tertiary/aromatic N) is 1. The minimum absolute atomic E-state index is 0.0142. The molecule has 0 radical (unpaired) electrons. The summed E-state index contributed by atoms with van der Waals surface area (Å²) in [6, 6.07) is 24.3. The highest BCUT2D eigenvalue weighted by Crippen LogP contribution is 2.46. The van der Waals surface area contributed by atoms with Crippen molar-refractivity contribution in [3.05, 3.63) is 89.5 Å². The van der Waals surface area contributed by atoms with Gasteiger partial charge in [-0.25, -0.2) is 0 Å². The zero-order valence-electron chi connectivity index (χ0n) is 18.6. The zero-order valence-corrected chi connectivity index (χ0v) is 18.6. The molecule has 3 aromatic carbocycles. The molecule has 5 rings (SSSR count). The maximum Gasteiger partial charge on any atom is 0.255 e. The van der Waals surface area contributed by atoms with Gasteiger partial charge in [-0.1, -0.05) is 55.5 Å². The molecule has 0 spiro atoms. The summed E-state index contributed by atoms with van der Waals surface area (Å²) in [7, 11) is 1.96. The van der Waals surface area contributed by atoms with Gasteiger partial charge in [0, 0.05) is 36.2 Å². The number of amides is 2. The van der Waals surface area contributed by atoms with Gasteiger partial charge in [-0.15, -0.1) is 0 Å². The van der Waals surface area contributed by atoms with Crippen LogP contribution in [-0.4, -0.2) is 29.8 Å². The molecule has 4 heteroatoms. The molecule has 1 aliphatic heterocycles. The lowest BCUT2D eigenvalue weighted by Crippen LogP contribution is -2.56. The summed E-state index contributed by atoms with van der Waals surface area (Å²) < 4.78 is 0. The fourth-order valence-electron chi connectivity index (χ4n) is 5.54. The molecule has 1 heterocycles. The smallest absolute Gasteiger partial charge is 0.255 e. The Hall–Kier alpha value is -3.40. The molecule has 1 saturated heterocycles. The third kappa shape index (κ3) is 3.50. The van der Waals surface area contributed by atoms with Gasteiger partial charge in [-0.2, -0.15) is 0 Å². The van der Waals surface area contributed by atoms with Crippen molar-refractivity contribution in [2.45, 2.75) is 44.1 Å². The van der Waals surface area contributed by atoms with Gasteiger partial charge in [0.25, 0.3) is 5.91 Å². The Bertz CT molecular complexity index is 1190. The summed E-state index contributed by atoms with van der Waals surface area (Å²) in [5.41, 5.74) is 6.44. The van der Waals surface area contributed by atoms with Crippen molar-refractivity contribution in [1.82, 2.24) is 4.90 Å². The number of fused-ring (bicyclic) bond motifs is 3. The number of likely N-dealkylation sites (tertiary alicyclic amines) is 1. The Labute approximate surface area is 189 Å². The van der Waals surface area contributed by atoms with Crippen molar-refractivity contribution in [2.24, 2.45) is 0 Å². The number of hydrogen-bond acceptors (Lipinski definition) is 2. The van der Waals surface area contributed by atoms with Gasteiger partial charge in [0.2, 0.25) is 5.91 Å². The molecule has 1 N–H and O–H groups in total. The number of nitrogens with one attached hydrogen (secondary N) is 1. The second-order valence-corrected chi connectivity index (χ2v) is 9.25. The number of benzene rings is 3. The van der Waals surface area contributed by atoms with Crippen LogP contribution in [0.2, 0.25) is 0 Å². The predicted molar refractivity (Wildman–Crippen MR) is 128 cm³/mol. The first-order valence-corrected chi connectivity index (χ1v) is 11.3. The number of rotatable bonds is 3. The highest BCUT2D eigenvalue weighted by molar-refractivity contribution is 6.04. The van der Waals surface area contributed by atoms with Gasteiger partial charge in [-0.3, -0.25) is 9.59 Å². The first-order valence-electron chi connectivity index (χ1n) is 11.3. The normalized spacial score (nSPS) is 22.1.